The lowest BCUT2D eigenvalue weighted by atomic mass is 9.76. The van der Waals surface area contributed by atoms with E-state index in [2.05, 4.69) is 0 Å². The molecule has 0 aromatic heterocycles. The third-order valence-electron chi connectivity index (χ3n) is 6.75. The Morgan fingerprint density at radius 1 is 1.08 bits per heavy atom. The van der Waals surface area contributed by atoms with E-state index < -0.39 is 61.6 Å². The number of aliphatic hydroxyl groups is 1. The standard InChI is InChI=1S/C24H20Cl2F4O5S/c1-34-20(31)14-6-7-15(13-5-3-4-12(13)14)22(33)10-23(24(28,29)30,36-19(22)21(32)35-2)11-8-16(25)18(27)17(26)9-11/h6-9,19,33H,3-5,10H2,1-2H3. The minimum absolute atomic E-state index is 0.0935. The molecule has 1 N–H and O–H groups in total. The summed E-state index contributed by atoms with van der Waals surface area (Å²) in [6.07, 6.45) is -4.60. The zero-order valence-corrected chi connectivity index (χ0v) is 21.3. The lowest BCUT2D eigenvalue weighted by Crippen LogP contribution is -2.42. The van der Waals surface area contributed by atoms with Crippen LogP contribution in [0, 0.1) is 5.82 Å². The highest BCUT2D eigenvalue weighted by atomic mass is 35.5. The van der Waals surface area contributed by atoms with Gasteiger partial charge in [0.2, 0.25) is 0 Å². The molecule has 2 aromatic rings. The number of ether oxygens (including phenoxy) is 2. The van der Waals surface area contributed by atoms with Crippen LogP contribution in [0.1, 0.15) is 45.5 Å². The Kier molecular flexibility index (Phi) is 7.05. The maximum Gasteiger partial charge on any atom is 0.407 e. The smallest absolute Gasteiger partial charge is 0.407 e. The fourth-order valence-corrected chi connectivity index (χ4v) is 7.28. The van der Waals surface area contributed by atoms with E-state index in [1.54, 1.807) is 0 Å². The van der Waals surface area contributed by atoms with Gasteiger partial charge >= 0.3 is 18.1 Å². The molecular weight excluding hydrogens is 547 g/mol. The van der Waals surface area contributed by atoms with Crippen LogP contribution in [0.15, 0.2) is 24.3 Å². The molecule has 3 atom stereocenters. The number of halogens is 6. The summed E-state index contributed by atoms with van der Waals surface area (Å²) in [5, 5.41) is 8.98. The second kappa shape index (κ2) is 9.38. The Morgan fingerprint density at radius 2 is 1.69 bits per heavy atom. The minimum atomic E-state index is -5.02. The molecule has 1 fully saturated rings. The molecule has 0 saturated carbocycles. The predicted octanol–water partition coefficient (Wildman–Crippen LogP) is 5.73. The minimum Gasteiger partial charge on any atom is -0.468 e. The summed E-state index contributed by atoms with van der Waals surface area (Å²) in [6.45, 7) is 0. The second-order valence-corrected chi connectivity index (χ2v) is 10.9. The van der Waals surface area contributed by atoms with Gasteiger partial charge in [0.25, 0.3) is 0 Å². The number of carbonyl (C=O) groups excluding carboxylic acids is 2. The fraction of sp³-hybridized carbons (Fsp3) is 0.417. The van der Waals surface area contributed by atoms with Crippen molar-refractivity contribution < 1.29 is 41.7 Å². The molecule has 0 spiro atoms. The van der Waals surface area contributed by atoms with Crippen molar-refractivity contribution in [3.8, 4) is 0 Å². The Hall–Kier alpha value is -2.01. The molecule has 3 unspecified atom stereocenters. The van der Waals surface area contributed by atoms with Gasteiger partial charge in [0, 0.05) is 6.42 Å². The Bertz CT molecular complexity index is 1230. The monoisotopic (exact) mass is 566 g/mol. The van der Waals surface area contributed by atoms with E-state index in [9.17, 15) is 32.3 Å². The molecular formula is C24H20Cl2F4O5S. The molecule has 194 valence electrons. The number of carbonyl (C=O) groups is 2. The summed E-state index contributed by atoms with van der Waals surface area (Å²) in [5.74, 6) is -2.77. The Morgan fingerprint density at radius 3 is 2.25 bits per heavy atom. The summed E-state index contributed by atoms with van der Waals surface area (Å²) in [6, 6.07) is 4.33. The molecule has 2 aliphatic rings. The van der Waals surface area contributed by atoms with Crippen LogP contribution in [0.3, 0.4) is 0 Å². The normalized spacial score (nSPS) is 25.5. The van der Waals surface area contributed by atoms with E-state index in [0.717, 1.165) is 19.2 Å². The lowest BCUT2D eigenvalue weighted by Gasteiger charge is -2.34. The van der Waals surface area contributed by atoms with E-state index in [1.165, 1.54) is 19.2 Å². The third-order valence-corrected chi connectivity index (χ3v) is 9.13. The van der Waals surface area contributed by atoms with Crippen LogP contribution in [0.2, 0.25) is 10.0 Å². The lowest BCUT2D eigenvalue weighted by molar-refractivity contribution is -0.173. The SMILES string of the molecule is COC(=O)c1ccc(C2(O)CC(c3cc(Cl)c(F)c(Cl)c3)(C(F)(F)F)SC2C(=O)OC)c2c1CCC2. The maximum absolute atomic E-state index is 14.8. The molecule has 0 amide bonds. The zero-order chi connectivity index (χ0) is 26.6. The average molecular weight is 567 g/mol. The molecule has 1 aliphatic carbocycles. The molecule has 1 saturated heterocycles. The molecule has 0 bridgehead atoms. The van der Waals surface area contributed by atoms with Gasteiger partial charge in [0.1, 0.15) is 15.6 Å². The van der Waals surface area contributed by atoms with Crippen molar-refractivity contribution in [3.63, 3.8) is 0 Å². The summed E-state index contributed by atoms with van der Waals surface area (Å²) < 4.78 is 65.3. The third kappa shape index (κ3) is 4.06. The number of esters is 2. The summed E-state index contributed by atoms with van der Waals surface area (Å²) in [5.41, 5.74) is -1.48. The van der Waals surface area contributed by atoms with Crippen molar-refractivity contribution in [1.82, 2.24) is 0 Å². The van der Waals surface area contributed by atoms with E-state index in [4.69, 9.17) is 32.7 Å². The molecule has 1 heterocycles. The fourth-order valence-electron chi connectivity index (χ4n) is 5.10. The first-order valence-corrected chi connectivity index (χ1v) is 12.4. The van der Waals surface area contributed by atoms with Crippen molar-refractivity contribution in [2.45, 2.75) is 47.5 Å². The van der Waals surface area contributed by atoms with E-state index in [1.807, 2.05) is 0 Å². The topological polar surface area (TPSA) is 72.8 Å². The Labute approximate surface area is 218 Å². The second-order valence-electron chi connectivity index (χ2n) is 8.66. The first-order chi connectivity index (χ1) is 16.8. The van der Waals surface area contributed by atoms with Gasteiger partial charge in [0.05, 0.1) is 29.8 Å². The largest absolute Gasteiger partial charge is 0.468 e. The predicted molar refractivity (Wildman–Crippen MR) is 126 cm³/mol. The highest BCUT2D eigenvalue weighted by Crippen LogP contribution is 2.66. The molecule has 1 aliphatic heterocycles. The van der Waals surface area contributed by atoms with Gasteiger partial charge in [-0.15, -0.1) is 11.8 Å². The van der Waals surface area contributed by atoms with Crippen LogP contribution in [0.25, 0.3) is 0 Å². The van der Waals surface area contributed by atoms with E-state index in [-0.39, 0.29) is 22.9 Å². The van der Waals surface area contributed by atoms with Crippen LogP contribution in [-0.2, 0) is 37.5 Å². The molecule has 0 radical (unpaired) electrons. The maximum atomic E-state index is 14.8. The first-order valence-electron chi connectivity index (χ1n) is 10.7. The zero-order valence-electron chi connectivity index (χ0n) is 19.0. The van der Waals surface area contributed by atoms with Gasteiger partial charge in [0.15, 0.2) is 5.82 Å². The summed E-state index contributed by atoms with van der Waals surface area (Å²) in [7, 11) is 2.22. The van der Waals surface area contributed by atoms with Gasteiger partial charge < -0.3 is 14.6 Å². The number of fused-ring (bicyclic) bond motifs is 1. The molecule has 36 heavy (non-hydrogen) atoms. The van der Waals surface area contributed by atoms with Crippen LogP contribution < -0.4 is 0 Å². The number of rotatable bonds is 4. The molecule has 12 heteroatoms. The van der Waals surface area contributed by atoms with Crippen molar-refractivity contribution >= 4 is 46.9 Å². The quantitative estimate of drug-likeness (QED) is 0.289. The number of alkyl halides is 3. The van der Waals surface area contributed by atoms with Crippen LogP contribution in [0.4, 0.5) is 17.6 Å². The summed E-state index contributed by atoms with van der Waals surface area (Å²) >= 11 is 11.8. The highest BCUT2D eigenvalue weighted by molar-refractivity contribution is 8.02. The first kappa shape index (κ1) is 27.0. The van der Waals surface area contributed by atoms with Crippen LogP contribution in [0.5, 0.6) is 0 Å². The number of thioether (sulfide) groups is 1. The average Bonchev–Trinajstić information content (AvgIpc) is 3.44. The van der Waals surface area contributed by atoms with Crippen molar-refractivity contribution in [3.05, 3.63) is 67.9 Å². The van der Waals surface area contributed by atoms with Crippen molar-refractivity contribution in [2.24, 2.45) is 0 Å². The van der Waals surface area contributed by atoms with E-state index >= 15 is 0 Å². The van der Waals surface area contributed by atoms with Gasteiger partial charge in [-0.05, 0) is 59.7 Å². The van der Waals surface area contributed by atoms with Crippen LogP contribution in [-0.4, -0.2) is 42.7 Å². The van der Waals surface area contributed by atoms with Crippen LogP contribution >= 0.6 is 35.0 Å². The number of hydrogen-bond acceptors (Lipinski definition) is 6. The molecule has 4 rings (SSSR count). The van der Waals surface area contributed by atoms with Gasteiger partial charge in [-0.2, -0.15) is 13.2 Å². The number of methoxy groups -OCH3 is 2. The van der Waals surface area contributed by atoms with Crippen molar-refractivity contribution in [2.75, 3.05) is 14.2 Å². The Balaban J connectivity index is 1.96. The van der Waals surface area contributed by atoms with Gasteiger partial charge in [-0.1, -0.05) is 29.3 Å². The molecule has 2 aromatic carbocycles. The van der Waals surface area contributed by atoms with Gasteiger partial charge in [-0.25, -0.2) is 9.18 Å². The number of benzene rings is 2. The number of hydrogen-bond donors (Lipinski definition) is 1. The summed E-state index contributed by atoms with van der Waals surface area (Å²) in [4.78, 5) is 25.1. The molecule has 5 nitrogen and oxygen atoms in total. The van der Waals surface area contributed by atoms with E-state index in [0.29, 0.717) is 30.4 Å². The highest BCUT2D eigenvalue weighted by Gasteiger charge is 2.70. The van der Waals surface area contributed by atoms with Crippen molar-refractivity contribution in [1.29, 1.82) is 0 Å². The van der Waals surface area contributed by atoms with Gasteiger partial charge in [-0.3, -0.25) is 4.79 Å².